The Morgan fingerprint density at radius 2 is 0.627 bits per heavy atom. The van der Waals surface area contributed by atoms with Gasteiger partial charge < -0.3 is 19.3 Å². The molecular formula is C60H118N2O5. The van der Waals surface area contributed by atoms with Gasteiger partial charge in [0.15, 0.2) is 0 Å². The second kappa shape index (κ2) is 50.7. The van der Waals surface area contributed by atoms with Gasteiger partial charge in [-0.2, -0.15) is 0 Å². The van der Waals surface area contributed by atoms with E-state index in [9.17, 15) is 14.4 Å². The SMILES string of the molecule is CCCCCCCCC(CCCCCC)COC(=O)CCCCCC(CCCCCC(=O)OCC(CCCCCC)CCCCCCCC)N(C)C(=O)CCCCN(C)CCCCCCCC. The molecule has 7 heteroatoms. The van der Waals surface area contributed by atoms with Crippen molar-refractivity contribution in [1.82, 2.24) is 9.80 Å². The van der Waals surface area contributed by atoms with Crippen LogP contribution in [0.25, 0.3) is 0 Å². The molecule has 0 N–H and O–H groups in total. The van der Waals surface area contributed by atoms with E-state index in [1.165, 1.54) is 193 Å². The lowest BCUT2D eigenvalue weighted by Crippen LogP contribution is -2.37. The molecule has 0 aromatic carbocycles. The number of ether oxygens (including phenoxy) is 2. The lowest BCUT2D eigenvalue weighted by atomic mass is 9.95. The highest BCUT2D eigenvalue weighted by Gasteiger charge is 2.20. The Labute approximate surface area is 419 Å². The van der Waals surface area contributed by atoms with Gasteiger partial charge in [0, 0.05) is 32.4 Å². The minimum atomic E-state index is -0.0400. The topological polar surface area (TPSA) is 76.2 Å². The van der Waals surface area contributed by atoms with Gasteiger partial charge in [-0.25, -0.2) is 0 Å². The molecule has 0 aromatic heterocycles. The smallest absolute Gasteiger partial charge is 0.305 e. The third-order valence-corrected chi connectivity index (χ3v) is 14.7. The summed E-state index contributed by atoms with van der Waals surface area (Å²) in [5, 5.41) is 0. The van der Waals surface area contributed by atoms with Crippen LogP contribution >= 0.6 is 0 Å². The maximum Gasteiger partial charge on any atom is 0.305 e. The van der Waals surface area contributed by atoms with Crippen molar-refractivity contribution in [1.29, 1.82) is 0 Å². The van der Waals surface area contributed by atoms with E-state index in [0.29, 0.717) is 44.3 Å². The first-order chi connectivity index (χ1) is 32.7. The number of nitrogens with zero attached hydrogens (tertiary/aromatic N) is 2. The van der Waals surface area contributed by atoms with Gasteiger partial charge in [-0.1, -0.05) is 221 Å². The largest absolute Gasteiger partial charge is 0.465 e. The molecule has 398 valence electrons. The van der Waals surface area contributed by atoms with Crippen molar-refractivity contribution in [2.45, 2.75) is 317 Å². The first-order valence-electron chi connectivity index (χ1n) is 30.0. The summed E-state index contributed by atoms with van der Waals surface area (Å²) in [6.07, 6.45) is 49.6. The highest BCUT2D eigenvalue weighted by molar-refractivity contribution is 5.76. The maximum atomic E-state index is 13.6. The number of rotatable bonds is 53. The van der Waals surface area contributed by atoms with Crippen LogP contribution in [0.4, 0.5) is 0 Å². The molecule has 0 aliphatic carbocycles. The van der Waals surface area contributed by atoms with Crippen LogP contribution in [0, 0.1) is 11.8 Å². The van der Waals surface area contributed by atoms with Crippen LogP contribution in [-0.2, 0) is 23.9 Å². The number of amides is 1. The van der Waals surface area contributed by atoms with Gasteiger partial charge in [0.2, 0.25) is 5.91 Å². The first-order valence-corrected chi connectivity index (χ1v) is 30.0. The molecule has 0 bridgehead atoms. The maximum absolute atomic E-state index is 13.6. The lowest BCUT2D eigenvalue weighted by molar-refractivity contribution is -0.146. The lowest BCUT2D eigenvalue weighted by Gasteiger charge is -2.29. The number of carbonyl (C=O) groups excluding carboxylic acids is 3. The van der Waals surface area contributed by atoms with Gasteiger partial charge >= 0.3 is 11.9 Å². The minimum absolute atomic E-state index is 0.0400. The molecule has 2 unspecified atom stereocenters. The Morgan fingerprint density at radius 1 is 0.343 bits per heavy atom. The number of esters is 2. The van der Waals surface area contributed by atoms with Crippen molar-refractivity contribution in [3.63, 3.8) is 0 Å². The fourth-order valence-electron chi connectivity index (χ4n) is 9.83. The zero-order chi connectivity index (χ0) is 49.3. The van der Waals surface area contributed by atoms with E-state index in [1.54, 1.807) is 0 Å². The molecule has 7 nitrogen and oxygen atoms in total. The molecule has 0 aliphatic heterocycles. The second-order valence-electron chi connectivity index (χ2n) is 21.3. The molecular weight excluding hydrogens is 829 g/mol. The Hall–Kier alpha value is -1.63. The van der Waals surface area contributed by atoms with Gasteiger partial charge in [0.05, 0.1) is 13.2 Å². The van der Waals surface area contributed by atoms with Crippen LogP contribution in [0.15, 0.2) is 0 Å². The average molecular weight is 948 g/mol. The van der Waals surface area contributed by atoms with Crippen molar-refractivity contribution in [3.8, 4) is 0 Å². The minimum Gasteiger partial charge on any atom is -0.465 e. The van der Waals surface area contributed by atoms with E-state index >= 15 is 0 Å². The summed E-state index contributed by atoms with van der Waals surface area (Å²) in [4.78, 5) is 43.8. The molecule has 0 heterocycles. The van der Waals surface area contributed by atoms with Crippen LogP contribution in [-0.4, -0.2) is 74.1 Å². The normalized spacial score (nSPS) is 13.0. The summed E-state index contributed by atoms with van der Waals surface area (Å²) in [6.45, 7) is 14.7. The molecule has 0 saturated carbocycles. The molecule has 0 spiro atoms. The van der Waals surface area contributed by atoms with Gasteiger partial charge in [-0.3, -0.25) is 14.4 Å². The molecule has 1 amide bonds. The highest BCUT2D eigenvalue weighted by Crippen LogP contribution is 2.23. The van der Waals surface area contributed by atoms with Crippen molar-refractivity contribution in [3.05, 3.63) is 0 Å². The van der Waals surface area contributed by atoms with Gasteiger partial charge in [0.1, 0.15) is 0 Å². The average Bonchev–Trinajstić information content (AvgIpc) is 3.32. The van der Waals surface area contributed by atoms with E-state index in [0.717, 1.165) is 77.3 Å². The van der Waals surface area contributed by atoms with E-state index in [-0.39, 0.29) is 23.9 Å². The van der Waals surface area contributed by atoms with Gasteiger partial charge in [0.25, 0.3) is 0 Å². The Balaban J connectivity index is 5.04. The zero-order valence-electron chi connectivity index (χ0n) is 46.4. The Kier molecular flexibility index (Phi) is 49.5. The number of carbonyl (C=O) groups is 3. The zero-order valence-corrected chi connectivity index (χ0v) is 46.4. The molecule has 0 fully saturated rings. The third-order valence-electron chi connectivity index (χ3n) is 14.7. The number of hydrogen-bond donors (Lipinski definition) is 0. The Bertz CT molecular complexity index is 1010. The van der Waals surface area contributed by atoms with Crippen molar-refractivity contribution in [2.75, 3.05) is 40.4 Å². The van der Waals surface area contributed by atoms with Crippen LogP contribution in [0.5, 0.6) is 0 Å². The highest BCUT2D eigenvalue weighted by atomic mass is 16.5. The van der Waals surface area contributed by atoms with Gasteiger partial charge in [-0.05, 0) is 103 Å². The number of hydrogen-bond acceptors (Lipinski definition) is 6. The van der Waals surface area contributed by atoms with E-state index in [4.69, 9.17) is 9.47 Å². The standard InChI is InChI=1S/C60H118N2O5/c1-8-13-18-23-26-33-44-55(42-31-21-16-11-4)53-66-59(64)49-37-29-35-46-57(62(7)58(63)48-39-41-52-61(6)51-40-28-25-20-15-10-3)47-36-30-38-50-60(65)67-54-56(43-32-22-17-12-5)45-34-27-24-19-14-9-2/h55-57H,8-54H2,1-7H3. The molecule has 0 aromatic rings. The molecule has 0 radical (unpaired) electrons. The number of unbranched alkanes of at least 4 members (excludes halogenated alkanes) is 26. The van der Waals surface area contributed by atoms with Gasteiger partial charge in [-0.15, -0.1) is 0 Å². The summed E-state index contributed by atoms with van der Waals surface area (Å²) in [5.74, 6) is 1.17. The van der Waals surface area contributed by atoms with Crippen LogP contribution < -0.4 is 0 Å². The van der Waals surface area contributed by atoms with Crippen molar-refractivity contribution in [2.24, 2.45) is 11.8 Å². The molecule has 0 aliphatic rings. The summed E-state index contributed by atoms with van der Waals surface area (Å²) < 4.78 is 11.8. The van der Waals surface area contributed by atoms with Crippen molar-refractivity contribution < 1.29 is 23.9 Å². The predicted molar refractivity (Wildman–Crippen MR) is 290 cm³/mol. The molecule has 0 rings (SSSR count). The third kappa shape index (κ3) is 44.1. The van der Waals surface area contributed by atoms with Crippen LogP contribution in [0.3, 0.4) is 0 Å². The monoisotopic (exact) mass is 947 g/mol. The molecule has 0 saturated heterocycles. The fourth-order valence-corrected chi connectivity index (χ4v) is 9.83. The first kappa shape index (κ1) is 65.4. The van der Waals surface area contributed by atoms with E-state index in [1.807, 2.05) is 11.9 Å². The summed E-state index contributed by atoms with van der Waals surface area (Å²) >= 11 is 0. The summed E-state index contributed by atoms with van der Waals surface area (Å²) in [7, 11) is 4.24. The summed E-state index contributed by atoms with van der Waals surface area (Å²) in [6, 6.07) is 0.188. The summed E-state index contributed by atoms with van der Waals surface area (Å²) in [5.41, 5.74) is 0. The predicted octanol–water partition coefficient (Wildman–Crippen LogP) is 17.9. The molecule has 67 heavy (non-hydrogen) atoms. The van der Waals surface area contributed by atoms with E-state index in [2.05, 4.69) is 46.6 Å². The Morgan fingerprint density at radius 3 is 1.01 bits per heavy atom. The van der Waals surface area contributed by atoms with Crippen LogP contribution in [0.2, 0.25) is 0 Å². The molecule has 2 atom stereocenters. The fraction of sp³-hybridized carbons (Fsp3) is 0.950. The quantitative estimate of drug-likeness (QED) is 0.0447. The van der Waals surface area contributed by atoms with Crippen LogP contribution in [0.1, 0.15) is 311 Å². The second-order valence-corrected chi connectivity index (χ2v) is 21.3. The van der Waals surface area contributed by atoms with Crippen molar-refractivity contribution >= 4 is 17.8 Å². The van der Waals surface area contributed by atoms with E-state index < -0.39 is 0 Å².